The largest absolute Gasteiger partial charge is 0.490 e. The fourth-order valence-corrected chi connectivity index (χ4v) is 2.86. The topological polar surface area (TPSA) is 71.0 Å². The fraction of sp³-hybridized carbons (Fsp3) is 0.562. The highest BCUT2D eigenvalue weighted by Gasteiger charge is 2.32. The number of carbonyl (C=O) groups excluding carboxylic acids is 1. The smallest absolute Gasteiger partial charge is 0.414 e. The van der Waals surface area contributed by atoms with E-state index in [-0.39, 0.29) is 18.9 Å². The summed E-state index contributed by atoms with van der Waals surface area (Å²) in [5.74, 6) is 0.129. The second-order valence-corrected chi connectivity index (χ2v) is 5.92. The van der Waals surface area contributed by atoms with Crippen molar-refractivity contribution in [3.63, 3.8) is 0 Å². The molecule has 1 aromatic carbocycles. The first-order valence-corrected chi connectivity index (χ1v) is 7.89. The van der Waals surface area contributed by atoms with E-state index in [1.54, 1.807) is 6.07 Å². The molecule has 3 rings (SSSR count). The van der Waals surface area contributed by atoms with Gasteiger partial charge >= 0.3 is 6.09 Å². The van der Waals surface area contributed by atoms with Crippen LogP contribution in [-0.2, 0) is 4.74 Å². The molecule has 2 aliphatic heterocycles. The maximum Gasteiger partial charge on any atom is 0.414 e. The molecule has 2 N–H and O–H groups in total. The van der Waals surface area contributed by atoms with E-state index in [9.17, 15) is 9.18 Å². The summed E-state index contributed by atoms with van der Waals surface area (Å²) in [7, 11) is 0. The van der Waals surface area contributed by atoms with Crippen molar-refractivity contribution in [2.24, 2.45) is 5.92 Å². The van der Waals surface area contributed by atoms with Gasteiger partial charge in [0.25, 0.3) is 0 Å². The van der Waals surface area contributed by atoms with Crippen LogP contribution in [0.4, 0.5) is 14.9 Å². The van der Waals surface area contributed by atoms with Crippen LogP contribution in [0.15, 0.2) is 18.2 Å². The zero-order valence-corrected chi connectivity index (χ0v) is 12.8. The summed E-state index contributed by atoms with van der Waals surface area (Å²) < 4.78 is 24.7. The minimum atomic E-state index is -0.577. The van der Waals surface area contributed by atoms with Gasteiger partial charge in [-0.25, -0.2) is 9.18 Å². The number of cyclic esters (lactones) is 1. The van der Waals surface area contributed by atoms with Crippen molar-refractivity contribution in [3.05, 3.63) is 24.0 Å². The first-order chi connectivity index (χ1) is 11.2. The van der Waals surface area contributed by atoms with Crippen LogP contribution in [0.3, 0.4) is 0 Å². The van der Waals surface area contributed by atoms with Crippen molar-refractivity contribution >= 4 is 11.8 Å². The number of halogens is 1. The highest BCUT2D eigenvalue weighted by molar-refractivity contribution is 5.89. The molecule has 1 atom stereocenters. The molecule has 2 aliphatic rings. The summed E-state index contributed by atoms with van der Waals surface area (Å²) in [4.78, 5) is 13.0. The maximum absolute atomic E-state index is 14.2. The molecule has 0 unspecified atom stereocenters. The van der Waals surface area contributed by atoms with Crippen molar-refractivity contribution in [1.82, 2.24) is 5.32 Å². The number of carbonyl (C=O) groups is 1. The van der Waals surface area contributed by atoms with Crippen LogP contribution in [-0.4, -0.2) is 50.2 Å². The molecule has 0 bridgehead atoms. The Morgan fingerprint density at radius 1 is 1.39 bits per heavy atom. The van der Waals surface area contributed by atoms with Crippen LogP contribution >= 0.6 is 0 Å². The summed E-state index contributed by atoms with van der Waals surface area (Å²) >= 11 is 0. The first-order valence-electron chi connectivity index (χ1n) is 7.89. The minimum Gasteiger partial charge on any atom is -0.490 e. The Morgan fingerprint density at radius 2 is 2.17 bits per heavy atom. The molecule has 1 amide bonds. The Bertz CT molecular complexity index is 563. The molecule has 6 nitrogen and oxygen atoms in total. The normalized spacial score (nSPS) is 22.3. The summed E-state index contributed by atoms with van der Waals surface area (Å²) in [5.41, 5.74) is 0.401. The second kappa shape index (κ2) is 7.14. The molecule has 0 aliphatic carbocycles. The van der Waals surface area contributed by atoms with Crippen molar-refractivity contribution in [3.8, 4) is 5.75 Å². The molecule has 0 saturated carbocycles. The summed E-state index contributed by atoms with van der Waals surface area (Å²) in [6.45, 7) is 2.40. The van der Waals surface area contributed by atoms with E-state index in [4.69, 9.17) is 14.6 Å². The van der Waals surface area contributed by atoms with Gasteiger partial charge in [-0.2, -0.15) is 0 Å². The summed E-state index contributed by atoms with van der Waals surface area (Å²) in [5, 5.41) is 12.3. The van der Waals surface area contributed by atoms with Gasteiger partial charge in [-0.05, 0) is 44.0 Å². The predicted octanol–water partition coefficient (Wildman–Crippen LogP) is 1.52. The minimum absolute atomic E-state index is 0.193. The Labute approximate surface area is 134 Å². The van der Waals surface area contributed by atoms with Crippen molar-refractivity contribution in [1.29, 1.82) is 0 Å². The van der Waals surface area contributed by atoms with Crippen LogP contribution in [0.25, 0.3) is 0 Å². The third-order valence-corrected chi connectivity index (χ3v) is 4.24. The van der Waals surface area contributed by atoms with Crippen LogP contribution in [0.1, 0.15) is 12.8 Å². The van der Waals surface area contributed by atoms with Gasteiger partial charge in [-0.1, -0.05) is 0 Å². The lowest BCUT2D eigenvalue weighted by atomic mass is 9.99. The van der Waals surface area contributed by atoms with Gasteiger partial charge in [-0.15, -0.1) is 0 Å². The number of nitrogens with zero attached hydrogens (tertiary/aromatic N) is 1. The van der Waals surface area contributed by atoms with E-state index in [1.807, 2.05) is 0 Å². The SMILES string of the molecule is O=C1O[C@@H](CO)CN1c1ccc(OCC2CCNCC2)c(F)c1. The quantitative estimate of drug-likeness (QED) is 0.859. The van der Waals surface area contributed by atoms with Crippen molar-refractivity contribution in [2.45, 2.75) is 18.9 Å². The van der Waals surface area contributed by atoms with Gasteiger partial charge in [0.05, 0.1) is 25.4 Å². The highest BCUT2D eigenvalue weighted by atomic mass is 19.1. The number of ether oxygens (including phenoxy) is 2. The maximum atomic E-state index is 14.2. The second-order valence-electron chi connectivity index (χ2n) is 5.92. The lowest BCUT2D eigenvalue weighted by molar-refractivity contribution is 0.0963. The number of aliphatic hydroxyl groups is 1. The molecule has 7 heteroatoms. The number of hydrogen-bond acceptors (Lipinski definition) is 5. The Kier molecular flexibility index (Phi) is 4.97. The average Bonchev–Trinajstić information content (AvgIpc) is 2.96. The van der Waals surface area contributed by atoms with E-state index in [0.29, 0.717) is 18.2 Å². The molecule has 0 aromatic heterocycles. The monoisotopic (exact) mass is 324 g/mol. The van der Waals surface area contributed by atoms with Crippen LogP contribution < -0.4 is 15.0 Å². The molecule has 23 heavy (non-hydrogen) atoms. The number of hydrogen-bond donors (Lipinski definition) is 2. The van der Waals surface area contributed by atoms with E-state index in [2.05, 4.69) is 5.32 Å². The Balaban J connectivity index is 1.62. The number of aliphatic hydroxyl groups excluding tert-OH is 1. The summed E-state index contributed by atoms with van der Waals surface area (Å²) in [6.07, 6.45) is 0.914. The molecule has 126 valence electrons. The molecule has 2 fully saturated rings. The molecule has 1 aromatic rings. The molecule has 0 spiro atoms. The predicted molar refractivity (Wildman–Crippen MR) is 82.2 cm³/mol. The Hall–Kier alpha value is -1.86. The number of amides is 1. The summed E-state index contributed by atoms with van der Waals surface area (Å²) in [6, 6.07) is 4.42. The van der Waals surface area contributed by atoms with Crippen molar-refractivity contribution < 1.29 is 23.8 Å². The van der Waals surface area contributed by atoms with E-state index in [1.165, 1.54) is 17.0 Å². The Morgan fingerprint density at radius 3 is 2.83 bits per heavy atom. The first kappa shape index (κ1) is 16.0. The van der Waals surface area contributed by atoms with Crippen LogP contribution in [0.2, 0.25) is 0 Å². The van der Waals surface area contributed by atoms with Crippen LogP contribution in [0, 0.1) is 11.7 Å². The zero-order valence-electron chi connectivity index (χ0n) is 12.8. The number of piperidine rings is 1. The number of benzene rings is 1. The third-order valence-electron chi connectivity index (χ3n) is 4.24. The highest BCUT2D eigenvalue weighted by Crippen LogP contribution is 2.27. The number of anilines is 1. The standard InChI is InChI=1S/C16H21FN2O4/c17-14-7-12(19-8-13(9-20)23-16(19)21)1-2-15(14)22-10-11-3-5-18-6-4-11/h1-2,7,11,13,18,20H,3-6,8-10H2/t13-/m1/s1. The fourth-order valence-electron chi connectivity index (χ4n) is 2.86. The van der Waals surface area contributed by atoms with E-state index < -0.39 is 18.0 Å². The van der Waals surface area contributed by atoms with E-state index >= 15 is 0 Å². The van der Waals surface area contributed by atoms with Gasteiger partial charge in [0.2, 0.25) is 0 Å². The lowest BCUT2D eigenvalue weighted by Gasteiger charge is -2.23. The molecular weight excluding hydrogens is 303 g/mol. The van der Waals surface area contributed by atoms with Gasteiger partial charge in [0, 0.05) is 6.07 Å². The third kappa shape index (κ3) is 3.73. The lowest BCUT2D eigenvalue weighted by Crippen LogP contribution is -2.30. The van der Waals surface area contributed by atoms with Crippen LogP contribution in [0.5, 0.6) is 5.75 Å². The number of nitrogens with one attached hydrogen (secondary N) is 1. The van der Waals surface area contributed by atoms with Gasteiger partial charge in [0.1, 0.15) is 6.10 Å². The molecule has 2 saturated heterocycles. The van der Waals surface area contributed by atoms with Gasteiger partial charge < -0.3 is 19.9 Å². The average molecular weight is 324 g/mol. The van der Waals surface area contributed by atoms with E-state index in [0.717, 1.165) is 25.9 Å². The molecule has 0 radical (unpaired) electrons. The van der Waals surface area contributed by atoms with Crippen molar-refractivity contribution in [2.75, 3.05) is 37.7 Å². The van der Waals surface area contributed by atoms with Gasteiger partial charge in [0.15, 0.2) is 11.6 Å². The molecule has 2 heterocycles. The zero-order chi connectivity index (χ0) is 16.2. The molecular formula is C16H21FN2O4. The number of rotatable bonds is 5. The van der Waals surface area contributed by atoms with Gasteiger partial charge in [-0.3, -0.25) is 4.90 Å².